The molecule has 21 heavy (non-hydrogen) atoms. The van der Waals surface area contributed by atoms with Crippen molar-refractivity contribution in [1.29, 1.82) is 0 Å². The van der Waals surface area contributed by atoms with Gasteiger partial charge in [-0.2, -0.15) is 0 Å². The molecule has 1 amide bonds. The van der Waals surface area contributed by atoms with E-state index in [1.165, 1.54) is 24.3 Å². The second-order valence-corrected chi connectivity index (χ2v) is 6.72. The average molecular weight is 370 g/mol. The van der Waals surface area contributed by atoms with Crippen LogP contribution in [-0.2, 0) is 10.0 Å². The molecule has 0 unspecified atom stereocenters. The third kappa shape index (κ3) is 3.81. The highest BCUT2D eigenvalue weighted by Crippen LogP contribution is 2.20. The zero-order valence-corrected chi connectivity index (χ0v) is 13.1. The number of nitrogen functional groups attached to an aromatic ring is 1. The van der Waals surface area contributed by atoms with Gasteiger partial charge in [0.2, 0.25) is 0 Å². The van der Waals surface area contributed by atoms with Crippen molar-refractivity contribution in [2.24, 2.45) is 5.84 Å². The van der Waals surface area contributed by atoms with Gasteiger partial charge in [0.05, 0.1) is 4.90 Å². The first-order chi connectivity index (χ1) is 9.92. The average Bonchev–Trinajstić information content (AvgIpc) is 2.46. The molecule has 0 aliphatic heterocycles. The molecular formula is C13H12BrN3O3S. The highest BCUT2D eigenvalue weighted by Gasteiger charge is 2.16. The zero-order chi connectivity index (χ0) is 15.5. The standard InChI is InChI=1S/C13H12BrN3O3S/c14-10-4-2-5-11(8-10)17-21(19,20)12-6-1-3-9(7-12)13(18)16-15/h1-8,17H,15H2,(H,16,18). The fraction of sp³-hybridized carbons (Fsp3) is 0. The summed E-state index contributed by atoms with van der Waals surface area (Å²) in [6, 6.07) is 12.3. The summed E-state index contributed by atoms with van der Waals surface area (Å²) in [5.74, 6) is 4.47. The molecule has 0 fully saturated rings. The number of carbonyl (C=O) groups excluding carboxylic acids is 1. The normalized spacial score (nSPS) is 11.0. The molecular weight excluding hydrogens is 358 g/mol. The van der Waals surface area contributed by atoms with E-state index in [1.807, 2.05) is 5.43 Å². The maximum absolute atomic E-state index is 12.3. The van der Waals surface area contributed by atoms with E-state index in [2.05, 4.69) is 20.7 Å². The molecule has 0 saturated heterocycles. The third-order valence-electron chi connectivity index (χ3n) is 2.61. The minimum absolute atomic E-state index is 0.0245. The minimum atomic E-state index is -3.79. The van der Waals surface area contributed by atoms with Gasteiger partial charge in [-0.25, -0.2) is 14.3 Å². The summed E-state index contributed by atoms with van der Waals surface area (Å²) in [7, 11) is -3.79. The van der Waals surface area contributed by atoms with Crippen LogP contribution in [0, 0.1) is 0 Å². The van der Waals surface area contributed by atoms with Crippen LogP contribution < -0.4 is 16.0 Å². The van der Waals surface area contributed by atoms with E-state index in [-0.39, 0.29) is 10.5 Å². The van der Waals surface area contributed by atoms with Crippen LogP contribution in [0.15, 0.2) is 57.9 Å². The molecule has 6 nitrogen and oxygen atoms in total. The van der Waals surface area contributed by atoms with Crippen LogP contribution in [-0.4, -0.2) is 14.3 Å². The van der Waals surface area contributed by atoms with Gasteiger partial charge in [0.25, 0.3) is 15.9 Å². The molecule has 0 heterocycles. The Morgan fingerprint density at radius 1 is 1.10 bits per heavy atom. The Morgan fingerprint density at radius 3 is 2.48 bits per heavy atom. The van der Waals surface area contributed by atoms with Gasteiger partial charge in [-0.15, -0.1) is 0 Å². The van der Waals surface area contributed by atoms with E-state index < -0.39 is 15.9 Å². The minimum Gasteiger partial charge on any atom is -0.290 e. The highest BCUT2D eigenvalue weighted by molar-refractivity contribution is 9.10. The van der Waals surface area contributed by atoms with Crippen molar-refractivity contribution in [3.8, 4) is 0 Å². The van der Waals surface area contributed by atoms with Crippen molar-refractivity contribution in [3.63, 3.8) is 0 Å². The number of benzene rings is 2. The van der Waals surface area contributed by atoms with Crippen molar-refractivity contribution in [2.45, 2.75) is 4.90 Å². The monoisotopic (exact) mass is 369 g/mol. The Bertz CT molecular complexity index is 778. The number of halogens is 1. The fourth-order valence-corrected chi connectivity index (χ4v) is 3.15. The second-order valence-electron chi connectivity index (χ2n) is 4.12. The third-order valence-corrected chi connectivity index (χ3v) is 4.49. The Kier molecular flexibility index (Phi) is 4.61. The summed E-state index contributed by atoms with van der Waals surface area (Å²) in [5.41, 5.74) is 2.53. The van der Waals surface area contributed by atoms with Crippen molar-refractivity contribution in [2.75, 3.05) is 4.72 Å². The molecule has 4 N–H and O–H groups in total. The lowest BCUT2D eigenvalue weighted by atomic mass is 10.2. The fourth-order valence-electron chi connectivity index (χ4n) is 1.65. The molecule has 0 aliphatic rings. The Labute approximate surface area is 130 Å². The van der Waals surface area contributed by atoms with Gasteiger partial charge in [-0.05, 0) is 36.4 Å². The molecule has 2 aromatic carbocycles. The first-order valence-electron chi connectivity index (χ1n) is 5.82. The largest absolute Gasteiger partial charge is 0.290 e. The summed E-state index contributed by atoms with van der Waals surface area (Å²) in [5, 5.41) is 0. The number of hydrogen-bond acceptors (Lipinski definition) is 4. The van der Waals surface area contributed by atoms with Gasteiger partial charge < -0.3 is 0 Å². The van der Waals surface area contributed by atoms with Crippen LogP contribution in [0.4, 0.5) is 5.69 Å². The number of amides is 1. The van der Waals surface area contributed by atoms with E-state index in [0.717, 1.165) is 4.47 Å². The molecule has 0 radical (unpaired) electrons. The molecule has 0 atom stereocenters. The summed E-state index contributed by atoms with van der Waals surface area (Å²) in [6.07, 6.45) is 0. The molecule has 0 aliphatic carbocycles. The summed E-state index contributed by atoms with van der Waals surface area (Å²) in [4.78, 5) is 11.4. The highest BCUT2D eigenvalue weighted by atomic mass is 79.9. The predicted molar refractivity (Wildman–Crippen MR) is 83.0 cm³/mol. The predicted octanol–water partition coefficient (Wildman–Crippen LogP) is 1.85. The lowest BCUT2D eigenvalue weighted by molar-refractivity contribution is 0.0953. The first kappa shape index (κ1) is 15.5. The van der Waals surface area contributed by atoms with Gasteiger partial charge in [-0.1, -0.05) is 28.1 Å². The number of anilines is 1. The topological polar surface area (TPSA) is 101 Å². The SMILES string of the molecule is NNC(=O)c1cccc(S(=O)(=O)Nc2cccc(Br)c2)c1. The van der Waals surface area contributed by atoms with Crippen molar-refractivity contribution >= 4 is 37.5 Å². The van der Waals surface area contributed by atoms with E-state index in [0.29, 0.717) is 5.69 Å². The van der Waals surface area contributed by atoms with Gasteiger partial charge in [0, 0.05) is 15.7 Å². The van der Waals surface area contributed by atoms with Gasteiger partial charge in [0.15, 0.2) is 0 Å². The molecule has 2 rings (SSSR count). The first-order valence-corrected chi connectivity index (χ1v) is 8.09. The molecule has 8 heteroatoms. The maximum Gasteiger partial charge on any atom is 0.265 e. The zero-order valence-electron chi connectivity index (χ0n) is 10.7. The summed E-state index contributed by atoms with van der Waals surface area (Å²) >= 11 is 3.26. The van der Waals surface area contributed by atoms with E-state index in [1.54, 1.807) is 24.3 Å². The number of nitrogens with two attached hydrogens (primary N) is 1. The molecule has 0 aromatic heterocycles. The van der Waals surface area contributed by atoms with Gasteiger partial charge >= 0.3 is 0 Å². The number of hydrogen-bond donors (Lipinski definition) is 3. The summed E-state index contributed by atoms with van der Waals surface area (Å²) < 4.78 is 27.8. The Hall–Kier alpha value is -1.90. The maximum atomic E-state index is 12.3. The van der Waals surface area contributed by atoms with Crippen LogP contribution in [0.25, 0.3) is 0 Å². The molecule has 110 valence electrons. The van der Waals surface area contributed by atoms with Crippen molar-refractivity contribution in [1.82, 2.24) is 5.43 Å². The van der Waals surface area contributed by atoms with Gasteiger partial charge in [0.1, 0.15) is 0 Å². The van der Waals surface area contributed by atoms with Crippen LogP contribution in [0.2, 0.25) is 0 Å². The van der Waals surface area contributed by atoms with Crippen molar-refractivity contribution < 1.29 is 13.2 Å². The number of hydrazine groups is 1. The second kappa shape index (κ2) is 6.25. The number of carbonyl (C=O) groups is 1. The lowest BCUT2D eigenvalue weighted by Crippen LogP contribution is -2.30. The molecule has 0 spiro atoms. The molecule has 0 bridgehead atoms. The Morgan fingerprint density at radius 2 is 1.81 bits per heavy atom. The quantitative estimate of drug-likeness (QED) is 0.434. The van der Waals surface area contributed by atoms with Crippen LogP contribution >= 0.6 is 15.9 Å². The van der Waals surface area contributed by atoms with E-state index >= 15 is 0 Å². The van der Waals surface area contributed by atoms with Gasteiger partial charge in [-0.3, -0.25) is 14.9 Å². The van der Waals surface area contributed by atoms with E-state index in [4.69, 9.17) is 5.84 Å². The number of rotatable bonds is 4. The van der Waals surface area contributed by atoms with Crippen LogP contribution in [0.5, 0.6) is 0 Å². The Balaban J connectivity index is 2.33. The van der Waals surface area contributed by atoms with Crippen LogP contribution in [0.3, 0.4) is 0 Å². The summed E-state index contributed by atoms with van der Waals surface area (Å²) in [6.45, 7) is 0. The van der Waals surface area contributed by atoms with Crippen molar-refractivity contribution in [3.05, 3.63) is 58.6 Å². The lowest BCUT2D eigenvalue weighted by Gasteiger charge is -2.09. The molecule has 2 aromatic rings. The number of nitrogens with one attached hydrogen (secondary N) is 2. The van der Waals surface area contributed by atoms with E-state index in [9.17, 15) is 13.2 Å². The smallest absolute Gasteiger partial charge is 0.265 e. The number of sulfonamides is 1. The van der Waals surface area contributed by atoms with Crippen LogP contribution in [0.1, 0.15) is 10.4 Å². The molecule has 0 saturated carbocycles.